The van der Waals surface area contributed by atoms with Crippen LogP contribution in [-0.4, -0.2) is 42.9 Å². The van der Waals surface area contributed by atoms with Crippen molar-refractivity contribution in [3.63, 3.8) is 0 Å². The van der Waals surface area contributed by atoms with Crippen LogP contribution in [0.2, 0.25) is 0 Å². The predicted molar refractivity (Wildman–Crippen MR) is 114 cm³/mol. The molecular formula is C23H29N3O2. The van der Waals surface area contributed by atoms with Crippen LogP contribution in [0.5, 0.6) is 0 Å². The van der Waals surface area contributed by atoms with E-state index in [0.29, 0.717) is 12.0 Å². The molecule has 0 unspecified atom stereocenters. The Balaban J connectivity index is 1.49. The van der Waals surface area contributed by atoms with Crippen molar-refractivity contribution in [2.24, 2.45) is 0 Å². The lowest BCUT2D eigenvalue weighted by Gasteiger charge is -2.36. The second kappa shape index (κ2) is 9.93. The smallest absolute Gasteiger partial charge is 0.255 e. The second-order valence-electron chi connectivity index (χ2n) is 7.19. The summed E-state index contributed by atoms with van der Waals surface area (Å²) in [5, 5.41) is 2.92. The zero-order valence-corrected chi connectivity index (χ0v) is 16.6. The van der Waals surface area contributed by atoms with Gasteiger partial charge in [-0.25, -0.2) is 0 Å². The number of rotatable bonds is 7. The van der Waals surface area contributed by atoms with Crippen LogP contribution in [0.25, 0.3) is 0 Å². The summed E-state index contributed by atoms with van der Waals surface area (Å²) >= 11 is 0. The molecule has 0 aromatic heterocycles. The van der Waals surface area contributed by atoms with Crippen molar-refractivity contribution in [2.75, 3.05) is 36.4 Å². The molecule has 0 atom stereocenters. The van der Waals surface area contributed by atoms with Gasteiger partial charge in [0.1, 0.15) is 0 Å². The van der Waals surface area contributed by atoms with Gasteiger partial charge in [0.05, 0.1) is 0 Å². The maximum absolute atomic E-state index is 12.2. The number of anilines is 2. The van der Waals surface area contributed by atoms with Gasteiger partial charge in [-0.05, 0) is 42.8 Å². The number of unbranched alkanes of at least 4 members (excludes halogenated alkanes) is 2. The average molecular weight is 380 g/mol. The van der Waals surface area contributed by atoms with Crippen LogP contribution in [0.3, 0.4) is 0 Å². The third kappa shape index (κ3) is 5.35. The van der Waals surface area contributed by atoms with Gasteiger partial charge in [0, 0.05) is 49.5 Å². The Labute approximate surface area is 167 Å². The fourth-order valence-electron chi connectivity index (χ4n) is 3.45. The first-order chi connectivity index (χ1) is 13.7. The zero-order chi connectivity index (χ0) is 19.8. The SMILES string of the molecule is CCCCCC(=O)N1CCN(c2ccc(NC(=O)c3ccccc3)cc2)CC1. The number of nitrogens with one attached hydrogen (secondary N) is 1. The highest BCUT2D eigenvalue weighted by molar-refractivity contribution is 6.04. The Morgan fingerprint density at radius 1 is 0.893 bits per heavy atom. The third-order valence-corrected chi connectivity index (χ3v) is 5.15. The van der Waals surface area contributed by atoms with E-state index in [0.717, 1.165) is 56.8 Å². The van der Waals surface area contributed by atoms with Crippen LogP contribution in [0.1, 0.15) is 43.0 Å². The first-order valence-corrected chi connectivity index (χ1v) is 10.2. The highest BCUT2D eigenvalue weighted by Crippen LogP contribution is 2.20. The van der Waals surface area contributed by atoms with Crippen LogP contribution in [0.15, 0.2) is 54.6 Å². The molecule has 1 N–H and O–H groups in total. The summed E-state index contributed by atoms with van der Waals surface area (Å²) in [5.74, 6) is 0.177. The van der Waals surface area contributed by atoms with E-state index in [1.54, 1.807) is 12.1 Å². The van der Waals surface area contributed by atoms with E-state index >= 15 is 0 Å². The first-order valence-electron chi connectivity index (χ1n) is 10.2. The average Bonchev–Trinajstić information content (AvgIpc) is 2.75. The largest absolute Gasteiger partial charge is 0.368 e. The molecule has 1 aliphatic rings. The first kappa shape index (κ1) is 19.9. The van der Waals surface area contributed by atoms with Crippen LogP contribution in [-0.2, 0) is 4.79 Å². The summed E-state index contributed by atoms with van der Waals surface area (Å²) in [5.41, 5.74) is 2.55. The molecule has 1 aliphatic heterocycles. The Bertz CT molecular complexity index is 766. The lowest BCUT2D eigenvalue weighted by atomic mass is 10.1. The Kier molecular flexibility index (Phi) is 7.06. The highest BCUT2D eigenvalue weighted by Gasteiger charge is 2.20. The van der Waals surface area contributed by atoms with Crippen molar-refractivity contribution in [1.82, 2.24) is 4.90 Å². The van der Waals surface area contributed by atoms with E-state index in [9.17, 15) is 9.59 Å². The van der Waals surface area contributed by atoms with Gasteiger partial charge in [-0.3, -0.25) is 9.59 Å². The van der Waals surface area contributed by atoms with Gasteiger partial charge in [0.15, 0.2) is 0 Å². The Morgan fingerprint density at radius 3 is 2.21 bits per heavy atom. The van der Waals surface area contributed by atoms with E-state index in [1.807, 2.05) is 47.4 Å². The van der Waals surface area contributed by atoms with E-state index < -0.39 is 0 Å². The number of hydrogen-bond donors (Lipinski definition) is 1. The third-order valence-electron chi connectivity index (χ3n) is 5.15. The normalized spacial score (nSPS) is 14.0. The van der Waals surface area contributed by atoms with Crippen molar-refractivity contribution in [3.8, 4) is 0 Å². The summed E-state index contributed by atoms with van der Waals surface area (Å²) in [6.45, 7) is 5.39. The molecule has 28 heavy (non-hydrogen) atoms. The minimum absolute atomic E-state index is 0.108. The molecule has 0 spiro atoms. The van der Waals surface area contributed by atoms with Crippen LogP contribution in [0.4, 0.5) is 11.4 Å². The summed E-state index contributed by atoms with van der Waals surface area (Å²) in [6, 6.07) is 17.1. The molecule has 1 heterocycles. The molecule has 1 fully saturated rings. The zero-order valence-electron chi connectivity index (χ0n) is 16.6. The number of carbonyl (C=O) groups excluding carboxylic acids is 2. The molecule has 2 amide bonds. The van der Waals surface area contributed by atoms with Gasteiger partial charge in [0.2, 0.25) is 5.91 Å². The van der Waals surface area contributed by atoms with Crippen molar-refractivity contribution >= 4 is 23.2 Å². The van der Waals surface area contributed by atoms with Gasteiger partial charge >= 0.3 is 0 Å². The van der Waals surface area contributed by atoms with Crippen molar-refractivity contribution < 1.29 is 9.59 Å². The number of nitrogens with zero attached hydrogens (tertiary/aromatic N) is 2. The fraction of sp³-hybridized carbons (Fsp3) is 0.391. The minimum atomic E-state index is -0.108. The maximum Gasteiger partial charge on any atom is 0.255 e. The molecule has 1 saturated heterocycles. The van der Waals surface area contributed by atoms with Crippen LogP contribution in [0, 0.1) is 0 Å². The molecule has 5 heteroatoms. The molecule has 148 valence electrons. The maximum atomic E-state index is 12.2. The number of hydrogen-bond acceptors (Lipinski definition) is 3. The van der Waals surface area contributed by atoms with Crippen LogP contribution < -0.4 is 10.2 Å². The topological polar surface area (TPSA) is 52.7 Å². The number of piperazine rings is 1. The highest BCUT2D eigenvalue weighted by atomic mass is 16.2. The Morgan fingerprint density at radius 2 is 1.57 bits per heavy atom. The minimum Gasteiger partial charge on any atom is -0.368 e. The molecule has 3 rings (SSSR count). The van der Waals surface area contributed by atoms with Crippen molar-refractivity contribution in [1.29, 1.82) is 0 Å². The lowest BCUT2D eigenvalue weighted by Crippen LogP contribution is -2.48. The quantitative estimate of drug-likeness (QED) is 0.735. The number of carbonyl (C=O) groups is 2. The van der Waals surface area contributed by atoms with Crippen LogP contribution >= 0.6 is 0 Å². The predicted octanol–water partition coefficient (Wildman–Crippen LogP) is 4.17. The monoisotopic (exact) mass is 379 g/mol. The molecule has 0 radical (unpaired) electrons. The molecule has 2 aromatic carbocycles. The van der Waals surface area contributed by atoms with E-state index in [2.05, 4.69) is 17.1 Å². The summed E-state index contributed by atoms with van der Waals surface area (Å²) in [6.07, 6.45) is 3.93. The van der Waals surface area contributed by atoms with Gasteiger partial charge in [-0.2, -0.15) is 0 Å². The molecule has 0 aliphatic carbocycles. The molecule has 5 nitrogen and oxygen atoms in total. The molecule has 0 saturated carbocycles. The van der Waals surface area contributed by atoms with E-state index in [4.69, 9.17) is 0 Å². The van der Waals surface area contributed by atoms with Gasteiger partial charge in [0.25, 0.3) is 5.91 Å². The van der Waals surface area contributed by atoms with E-state index in [1.165, 1.54) is 0 Å². The lowest BCUT2D eigenvalue weighted by molar-refractivity contribution is -0.131. The standard InChI is InChI=1S/C23H29N3O2/c1-2-3-5-10-22(27)26-17-15-25(16-18-26)21-13-11-20(12-14-21)24-23(28)19-8-6-4-7-9-19/h4,6-9,11-14H,2-3,5,10,15-18H2,1H3,(H,24,28). The van der Waals surface area contributed by atoms with Gasteiger partial charge in [-0.15, -0.1) is 0 Å². The van der Waals surface area contributed by atoms with E-state index in [-0.39, 0.29) is 11.8 Å². The van der Waals surface area contributed by atoms with Crippen molar-refractivity contribution in [2.45, 2.75) is 32.6 Å². The van der Waals surface area contributed by atoms with Gasteiger partial charge in [-0.1, -0.05) is 38.0 Å². The molecular weight excluding hydrogens is 350 g/mol. The Hall–Kier alpha value is -2.82. The molecule has 2 aromatic rings. The van der Waals surface area contributed by atoms with Gasteiger partial charge < -0.3 is 15.1 Å². The molecule has 0 bridgehead atoms. The summed E-state index contributed by atoms with van der Waals surface area (Å²) in [7, 11) is 0. The summed E-state index contributed by atoms with van der Waals surface area (Å²) in [4.78, 5) is 28.8. The number of amides is 2. The summed E-state index contributed by atoms with van der Waals surface area (Å²) < 4.78 is 0. The fourth-order valence-corrected chi connectivity index (χ4v) is 3.45. The second-order valence-corrected chi connectivity index (χ2v) is 7.19. The number of benzene rings is 2. The van der Waals surface area contributed by atoms with Crippen molar-refractivity contribution in [3.05, 3.63) is 60.2 Å².